The van der Waals surface area contributed by atoms with Crippen molar-refractivity contribution in [1.29, 1.82) is 0 Å². The number of rotatable bonds is 1. The zero-order valence-corrected chi connectivity index (χ0v) is 9.83. The van der Waals surface area contributed by atoms with Gasteiger partial charge in [0.05, 0.1) is 0 Å². The van der Waals surface area contributed by atoms with E-state index in [-0.39, 0.29) is 0 Å². The fraction of sp³-hybridized carbons (Fsp3) is 0.333. The fourth-order valence-electron chi connectivity index (χ4n) is 2.70. The Hall–Kier alpha value is -1.34. The molecule has 2 aromatic rings. The van der Waals surface area contributed by atoms with Crippen molar-refractivity contribution < 1.29 is 0 Å². The molecule has 0 aromatic heterocycles. The Labute approximate surface area is 96.7 Å². The minimum absolute atomic E-state index is 0.639. The Kier molecular flexibility index (Phi) is 2.22. The summed E-state index contributed by atoms with van der Waals surface area (Å²) in [4.78, 5) is 2.33. The maximum atomic E-state index is 3.33. The largest absolute Gasteiger partial charge is 0.306 e. The van der Waals surface area contributed by atoms with Gasteiger partial charge in [0.15, 0.2) is 0 Å². The van der Waals surface area contributed by atoms with E-state index in [9.17, 15) is 0 Å². The van der Waals surface area contributed by atoms with Gasteiger partial charge in [0.2, 0.25) is 0 Å². The summed E-state index contributed by atoms with van der Waals surface area (Å²) in [5, 5.41) is 2.72. The summed E-state index contributed by atoms with van der Waals surface area (Å²) in [6.07, 6.45) is 2.32. The van der Waals surface area contributed by atoms with E-state index in [0.29, 0.717) is 6.04 Å². The minimum atomic E-state index is 0.639. The maximum absolute atomic E-state index is 3.33. The van der Waals surface area contributed by atoms with Crippen molar-refractivity contribution in [3.8, 4) is 0 Å². The molecule has 1 aliphatic rings. The van der Waals surface area contributed by atoms with Gasteiger partial charge in [0.25, 0.3) is 0 Å². The van der Waals surface area contributed by atoms with Crippen LogP contribution in [0.1, 0.15) is 11.1 Å². The van der Waals surface area contributed by atoms with Crippen LogP contribution in [-0.4, -0.2) is 25.0 Å². The molecule has 0 heterocycles. The van der Waals surface area contributed by atoms with Gasteiger partial charge < -0.3 is 4.90 Å². The third-order valence-corrected chi connectivity index (χ3v) is 3.64. The molecule has 0 saturated carbocycles. The van der Waals surface area contributed by atoms with Crippen LogP contribution in [0.2, 0.25) is 0 Å². The molecule has 16 heavy (non-hydrogen) atoms. The van der Waals surface area contributed by atoms with Crippen molar-refractivity contribution in [2.75, 3.05) is 14.1 Å². The van der Waals surface area contributed by atoms with Crippen molar-refractivity contribution in [2.24, 2.45) is 0 Å². The van der Waals surface area contributed by atoms with Gasteiger partial charge in [-0.25, -0.2) is 0 Å². The maximum Gasteiger partial charge on any atom is 0.0170 e. The van der Waals surface area contributed by atoms with Gasteiger partial charge in [0, 0.05) is 6.04 Å². The Morgan fingerprint density at radius 1 is 1.12 bits per heavy atom. The monoisotopic (exact) mass is 210 g/mol. The molecule has 3 rings (SSSR count). The van der Waals surface area contributed by atoms with Crippen LogP contribution in [0, 0.1) is 6.07 Å². The summed E-state index contributed by atoms with van der Waals surface area (Å²) in [7, 11) is 4.34. The molecule has 1 aliphatic carbocycles. The summed E-state index contributed by atoms with van der Waals surface area (Å²) in [6, 6.07) is 14.8. The van der Waals surface area contributed by atoms with Crippen LogP contribution in [0.5, 0.6) is 0 Å². The molecule has 0 saturated heterocycles. The van der Waals surface area contributed by atoms with Gasteiger partial charge in [-0.2, -0.15) is 0 Å². The van der Waals surface area contributed by atoms with Crippen molar-refractivity contribution in [3.63, 3.8) is 0 Å². The number of likely N-dealkylation sites (N-methyl/N-ethyl adjacent to an activating group) is 1. The highest BCUT2D eigenvalue weighted by molar-refractivity contribution is 5.89. The third-order valence-electron chi connectivity index (χ3n) is 3.64. The molecule has 1 nitrogen and oxygen atoms in total. The molecule has 1 radical (unpaired) electrons. The second-order valence-electron chi connectivity index (χ2n) is 4.87. The van der Waals surface area contributed by atoms with E-state index in [1.807, 2.05) is 0 Å². The quantitative estimate of drug-likeness (QED) is 0.699. The first-order valence-corrected chi connectivity index (χ1v) is 5.83. The summed E-state index contributed by atoms with van der Waals surface area (Å²) in [5.41, 5.74) is 2.96. The lowest BCUT2D eigenvalue weighted by Gasteiger charge is -2.30. The standard InChI is InChI=1S/C15H16N/c1-16(2)14-9-12-7-3-5-11-6-4-8-13(10-14)15(11)12/h3-5,7-8,14H,9-10H2,1-2H3. The highest BCUT2D eigenvalue weighted by Crippen LogP contribution is 2.30. The van der Waals surface area contributed by atoms with E-state index in [1.165, 1.54) is 21.9 Å². The van der Waals surface area contributed by atoms with Crippen LogP contribution < -0.4 is 0 Å². The van der Waals surface area contributed by atoms with Crippen molar-refractivity contribution >= 4 is 10.8 Å². The fourth-order valence-corrected chi connectivity index (χ4v) is 2.70. The lowest BCUT2D eigenvalue weighted by molar-refractivity contribution is 0.287. The highest BCUT2D eigenvalue weighted by Gasteiger charge is 2.21. The van der Waals surface area contributed by atoms with E-state index < -0.39 is 0 Å². The number of hydrogen-bond donors (Lipinski definition) is 0. The molecule has 1 atom stereocenters. The second kappa shape index (κ2) is 3.60. The second-order valence-corrected chi connectivity index (χ2v) is 4.87. The van der Waals surface area contributed by atoms with E-state index in [2.05, 4.69) is 55.4 Å². The molecule has 2 aromatic carbocycles. The predicted octanol–water partition coefficient (Wildman–Crippen LogP) is 2.67. The highest BCUT2D eigenvalue weighted by atomic mass is 15.1. The average Bonchev–Trinajstić information content (AvgIpc) is 2.29. The molecule has 0 bridgehead atoms. The first-order valence-electron chi connectivity index (χ1n) is 5.83. The van der Waals surface area contributed by atoms with Crippen molar-refractivity contribution in [3.05, 3.63) is 47.5 Å². The summed E-state index contributed by atoms with van der Waals surface area (Å²) < 4.78 is 0. The number of nitrogens with zero attached hydrogens (tertiary/aromatic N) is 1. The minimum Gasteiger partial charge on any atom is -0.306 e. The molecule has 0 spiro atoms. The summed E-state index contributed by atoms with van der Waals surface area (Å²) >= 11 is 0. The number of hydrogen-bond acceptors (Lipinski definition) is 1. The van der Waals surface area contributed by atoms with E-state index in [0.717, 1.165) is 12.8 Å². The van der Waals surface area contributed by atoms with Gasteiger partial charge in [-0.3, -0.25) is 0 Å². The molecular formula is C15H16N. The molecule has 0 amide bonds. The molecule has 1 heteroatoms. The smallest absolute Gasteiger partial charge is 0.0170 e. The first kappa shape index (κ1) is 9.86. The zero-order valence-electron chi connectivity index (χ0n) is 9.83. The van der Waals surface area contributed by atoms with Gasteiger partial charge in [-0.15, -0.1) is 0 Å². The van der Waals surface area contributed by atoms with Crippen LogP contribution >= 0.6 is 0 Å². The SMILES string of the molecule is CN(C)C1Cc2cc[c]c3cccc(c23)C1. The molecule has 0 N–H and O–H groups in total. The van der Waals surface area contributed by atoms with E-state index in [4.69, 9.17) is 0 Å². The molecular weight excluding hydrogens is 194 g/mol. The topological polar surface area (TPSA) is 3.24 Å². The van der Waals surface area contributed by atoms with Gasteiger partial charge in [0.1, 0.15) is 0 Å². The van der Waals surface area contributed by atoms with Gasteiger partial charge >= 0.3 is 0 Å². The van der Waals surface area contributed by atoms with E-state index >= 15 is 0 Å². The number of benzene rings is 2. The van der Waals surface area contributed by atoms with Crippen LogP contribution in [0.25, 0.3) is 10.8 Å². The Bertz CT molecular complexity index is 487. The molecule has 1 unspecified atom stereocenters. The Balaban J connectivity index is 2.20. The lowest BCUT2D eigenvalue weighted by atomic mass is 9.85. The van der Waals surface area contributed by atoms with Crippen molar-refractivity contribution in [2.45, 2.75) is 18.9 Å². The molecule has 81 valence electrons. The van der Waals surface area contributed by atoms with Crippen LogP contribution in [-0.2, 0) is 12.8 Å². The van der Waals surface area contributed by atoms with Crippen LogP contribution in [0.4, 0.5) is 0 Å². The van der Waals surface area contributed by atoms with Crippen LogP contribution in [0.15, 0.2) is 30.3 Å². The first-order chi connectivity index (χ1) is 7.75. The molecule has 0 fully saturated rings. The average molecular weight is 210 g/mol. The Morgan fingerprint density at radius 2 is 1.88 bits per heavy atom. The normalized spacial score (nSPS) is 15.9. The molecule has 0 aliphatic heterocycles. The Morgan fingerprint density at radius 3 is 2.62 bits per heavy atom. The van der Waals surface area contributed by atoms with Crippen molar-refractivity contribution in [1.82, 2.24) is 4.90 Å². The summed E-state index contributed by atoms with van der Waals surface area (Å²) in [6.45, 7) is 0. The van der Waals surface area contributed by atoms with Gasteiger partial charge in [-0.05, 0) is 54.9 Å². The predicted molar refractivity (Wildman–Crippen MR) is 67.7 cm³/mol. The van der Waals surface area contributed by atoms with E-state index in [1.54, 1.807) is 0 Å². The third kappa shape index (κ3) is 1.43. The van der Waals surface area contributed by atoms with Crippen LogP contribution in [0.3, 0.4) is 0 Å². The zero-order chi connectivity index (χ0) is 11.1. The van der Waals surface area contributed by atoms with Gasteiger partial charge in [-0.1, -0.05) is 30.3 Å². The lowest BCUT2D eigenvalue weighted by Crippen LogP contribution is -2.34. The summed E-state index contributed by atoms with van der Waals surface area (Å²) in [5.74, 6) is 0.